The second-order valence-electron chi connectivity index (χ2n) is 6.75. The van der Waals surface area contributed by atoms with Crippen molar-refractivity contribution < 1.29 is 14.0 Å². The second-order valence-corrected chi connectivity index (χ2v) is 6.75. The summed E-state index contributed by atoms with van der Waals surface area (Å²) in [6, 6.07) is 12.3. The van der Waals surface area contributed by atoms with Crippen molar-refractivity contribution in [1.29, 1.82) is 0 Å². The number of pyridine rings is 2. The van der Waals surface area contributed by atoms with E-state index < -0.39 is 5.92 Å². The van der Waals surface area contributed by atoms with E-state index in [2.05, 4.69) is 15.3 Å². The van der Waals surface area contributed by atoms with Crippen LogP contribution >= 0.6 is 0 Å². The number of furan rings is 1. The molecule has 142 valence electrons. The predicted molar refractivity (Wildman–Crippen MR) is 101 cm³/mol. The molecule has 2 unspecified atom stereocenters. The molecule has 0 fully saturated rings. The minimum Gasteiger partial charge on any atom is -0.459 e. The van der Waals surface area contributed by atoms with Crippen molar-refractivity contribution in [2.24, 2.45) is 0 Å². The summed E-state index contributed by atoms with van der Waals surface area (Å²) in [5.41, 5.74) is 2.34. The fourth-order valence-electron chi connectivity index (χ4n) is 3.41. The molecular weight excluding hydrogens is 356 g/mol. The highest BCUT2D eigenvalue weighted by atomic mass is 16.3. The SMILES string of the molecule is CC(NC(=O)C1CN(C(=O)c2ccco2)Cc2cccnc21)c1ccccn1. The first-order valence-electron chi connectivity index (χ1n) is 9.11. The molecule has 2 atom stereocenters. The standard InChI is InChI=1S/C21H20N4O3/c1-14(17-7-2-3-9-22-17)24-20(26)16-13-25(21(27)18-8-5-11-28-18)12-15-6-4-10-23-19(15)16/h2-11,14,16H,12-13H2,1H3,(H,24,26). The number of fused-ring (bicyclic) bond motifs is 1. The highest BCUT2D eigenvalue weighted by Gasteiger charge is 2.35. The van der Waals surface area contributed by atoms with E-state index >= 15 is 0 Å². The smallest absolute Gasteiger partial charge is 0.289 e. The Morgan fingerprint density at radius 1 is 1.14 bits per heavy atom. The number of amides is 2. The van der Waals surface area contributed by atoms with Gasteiger partial charge in [-0.2, -0.15) is 0 Å². The van der Waals surface area contributed by atoms with Gasteiger partial charge in [0.2, 0.25) is 5.91 Å². The molecule has 4 rings (SSSR count). The van der Waals surface area contributed by atoms with Crippen molar-refractivity contribution in [1.82, 2.24) is 20.2 Å². The zero-order valence-electron chi connectivity index (χ0n) is 15.4. The molecule has 0 spiro atoms. The summed E-state index contributed by atoms with van der Waals surface area (Å²) in [7, 11) is 0. The molecule has 28 heavy (non-hydrogen) atoms. The number of nitrogens with one attached hydrogen (secondary N) is 1. The van der Waals surface area contributed by atoms with Gasteiger partial charge in [-0.3, -0.25) is 19.6 Å². The number of carbonyl (C=O) groups is 2. The Labute approximate surface area is 162 Å². The van der Waals surface area contributed by atoms with Crippen LogP contribution in [0.4, 0.5) is 0 Å². The molecule has 0 saturated heterocycles. The average Bonchev–Trinajstić information content (AvgIpc) is 3.27. The number of hydrogen-bond donors (Lipinski definition) is 1. The van der Waals surface area contributed by atoms with Crippen LogP contribution in [0.1, 0.15) is 46.4 Å². The fourth-order valence-corrected chi connectivity index (χ4v) is 3.41. The lowest BCUT2D eigenvalue weighted by atomic mass is 9.93. The van der Waals surface area contributed by atoms with Crippen LogP contribution in [-0.4, -0.2) is 33.2 Å². The van der Waals surface area contributed by atoms with Gasteiger partial charge < -0.3 is 14.6 Å². The van der Waals surface area contributed by atoms with Crippen LogP contribution in [0.15, 0.2) is 65.5 Å². The van der Waals surface area contributed by atoms with Gasteiger partial charge in [0.1, 0.15) is 0 Å². The second kappa shape index (κ2) is 7.64. The van der Waals surface area contributed by atoms with Gasteiger partial charge in [-0.15, -0.1) is 0 Å². The highest BCUT2D eigenvalue weighted by molar-refractivity contribution is 5.93. The molecule has 7 nitrogen and oxygen atoms in total. The van der Waals surface area contributed by atoms with E-state index in [1.165, 1.54) is 6.26 Å². The molecule has 1 aliphatic rings. The minimum atomic E-state index is -0.560. The molecule has 2 amide bonds. The quantitative estimate of drug-likeness (QED) is 0.756. The van der Waals surface area contributed by atoms with Gasteiger partial charge >= 0.3 is 0 Å². The average molecular weight is 376 g/mol. The van der Waals surface area contributed by atoms with E-state index in [0.717, 1.165) is 11.3 Å². The van der Waals surface area contributed by atoms with E-state index in [-0.39, 0.29) is 30.2 Å². The van der Waals surface area contributed by atoms with Gasteiger partial charge in [0, 0.05) is 25.5 Å². The molecule has 1 aliphatic heterocycles. The summed E-state index contributed by atoms with van der Waals surface area (Å²) >= 11 is 0. The molecular formula is C21H20N4O3. The maximum absolute atomic E-state index is 13.1. The molecule has 0 saturated carbocycles. The number of nitrogens with zero attached hydrogens (tertiary/aromatic N) is 3. The zero-order chi connectivity index (χ0) is 19.5. The van der Waals surface area contributed by atoms with Crippen LogP contribution in [0, 0.1) is 0 Å². The molecule has 1 N–H and O–H groups in total. The number of rotatable bonds is 4. The molecule has 0 radical (unpaired) electrons. The molecule has 0 aromatic carbocycles. The van der Waals surface area contributed by atoms with E-state index in [0.29, 0.717) is 12.2 Å². The molecule has 0 bridgehead atoms. The Hall–Kier alpha value is -3.48. The lowest BCUT2D eigenvalue weighted by Crippen LogP contribution is -2.44. The van der Waals surface area contributed by atoms with Crippen molar-refractivity contribution in [2.45, 2.75) is 25.4 Å². The third-order valence-electron chi connectivity index (χ3n) is 4.85. The minimum absolute atomic E-state index is 0.185. The molecule has 7 heteroatoms. The fraction of sp³-hybridized carbons (Fsp3) is 0.238. The lowest BCUT2D eigenvalue weighted by Gasteiger charge is -2.33. The summed E-state index contributed by atoms with van der Waals surface area (Å²) in [4.78, 5) is 36.1. The van der Waals surface area contributed by atoms with Gasteiger partial charge in [0.15, 0.2) is 5.76 Å². The molecule has 4 heterocycles. The van der Waals surface area contributed by atoms with E-state index in [4.69, 9.17) is 4.42 Å². The topological polar surface area (TPSA) is 88.3 Å². The number of aromatic nitrogens is 2. The van der Waals surface area contributed by atoms with Crippen molar-refractivity contribution in [3.8, 4) is 0 Å². The number of carbonyl (C=O) groups excluding carboxylic acids is 2. The summed E-state index contributed by atoms with van der Waals surface area (Å²) < 4.78 is 5.24. The third-order valence-corrected chi connectivity index (χ3v) is 4.85. The van der Waals surface area contributed by atoms with E-state index in [9.17, 15) is 9.59 Å². The first-order valence-corrected chi connectivity index (χ1v) is 9.11. The van der Waals surface area contributed by atoms with Crippen molar-refractivity contribution >= 4 is 11.8 Å². The maximum atomic E-state index is 13.1. The summed E-state index contributed by atoms with van der Waals surface area (Å²) in [5, 5.41) is 3.00. The normalized spacial score (nSPS) is 16.9. The van der Waals surface area contributed by atoms with Gasteiger partial charge in [0.25, 0.3) is 5.91 Å². The predicted octanol–water partition coefficient (Wildman–Crippen LogP) is 2.69. The number of hydrogen-bond acceptors (Lipinski definition) is 5. The Morgan fingerprint density at radius 3 is 2.75 bits per heavy atom. The Kier molecular flexibility index (Phi) is 4.89. The van der Waals surface area contributed by atoms with Crippen molar-refractivity contribution in [3.63, 3.8) is 0 Å². The van der Waals surface area contributed by atoms with Gasteiger partial charge in [-0.05, 0) is 42.8 Å². The van der Waals surface area contributed by atoms with Crippen molar-refractivity contribution in [3.05, 3.63) is 83.8 Å². The van der Waals surface area contributed by atoms with Crippen LogP contribution in [0.2, 0.25) is 0 Å². The van der Waals surface area contributed by atoms with Gasteiger partial charge in [-0.1, -0.05) is 12.1 Å². The van der Waals surface area contributed by atoms with Crippen LogP contribution in [0.3, 0.4) is 0 Å². The molecule has 3 aromatic heterocycles. The van der Waals surface area contributed by atoms with Crippen LogP contribution in [-0.2, 0) is 11.3 Å². The lowest BCUT2D eigenvalue weighted by molar-refractivity contribution is -0.123. The third kappa shape index (κ3) is 3.51. The summed E-state index contributed by atoms with van der Waals surface area (Å²) in [5.74, 6) is -0.728. The van der Waals surface area contributed by atoms with Gasteiger partial charge in [0.05, 0.1) is 29.6 Å². The molecule has 0 aliphatic carbocycles. The summed E-state index contributed by atoms with van der Waals surface area (Å²) in [6.45, 7) is 2.51. The van der Waals surface area contributed by atoms with E-state index in [1.807, 2.05) is 37.3 Å². The maximum Gasteiger partial charge on any atom is 0.289 e. The highest BCUT2D eigenvalue weighted by Crippen LogP contribution is 2.28. The first-order chi connectivity index (χ1) is 13.6. The molecule has 3 aromatic rings. The van der Waals surface area contributed by atoms with Crippen LogP contribution in [0.5, 0.6) is 0 Å². The Morgan fingerprint density at radius 2 is 2.00 bits per heavy atom. The van der Waals surface area contributed by atoms with Gasteiger partial charge in [-0.25, -0.2) is 0 Å². The first kappa shape index (κ1) is 17.9. The largest absolute Gasteiger partial charge is 0.459 e. The Balaban J connectivity index is 1.57. The van der Waals surface area contributed by atoms with Crippen LogP contribution < -0.4 is 5.32 Å². The van der Waals surface area contributed by atoms with E-state index in [1.54, 1.807) is 29.4 Å². The summed E-state index contributed by atoms with van der Waals surface area (Å²) in [6.07, 6.45) is 4.83. The Bertz CT molecular complexity index is 972. The van der Waals surface area contributed by atoms with Crippen molar-refractivity contribution in [2.75, 3.05) is 6.54 Å². The zero-order valence-corrected chi connectivity index (χ0v) is 15.4. The monoisotopic (exact) mass is 376 g/mol. The van der Waals surface area contributed by atoms with Crippen LogP contribution in [0.25, 0.3) is 0 Å².